The number of hydrogen-bond donors (Lipinski definition) is 2. The van der Waals surface area contributed by atoms with Gasteiger partial charge in [0, 0.05) is 18.1 Å². The van der Waals surface area contributed by atoms with Crippen molar-refractivity contribution in [3.63, 3.8) is 0 Å². The summed E-state index contributed by atoms with van der Waals surface area (Å²) in [7, 11) is 0. The van der Waals surface area contributed by atoms with Crippen LogP contribution in [0.3, 0.4) is 0 Å². The van der Waals surface area contributed by atoms with Crippen LogP contribution in [0.2, 0.25) is 0 Å². The second-order valence-electron chi connectivity index (χ2n) is 5.10. The molecule has 2 aliphatic rings. The Hall–Kier alpha value is -0.120. The quantitative estimate of drug-likeness (QED) is 0.733. The molecular formula is C12H24N2O. The van der Waals surface area contributed by atoms with Crippen LogP contribution >= 0.6 is 0 Å². The summed E-state index contributed by atoms with van der Waals surface area (Å²) in [4.78, 5) is 2.67. The minimum Gasteiger partial charge on any atom is -0.393 e. The molecule has 3 atom stereocenters. The van der Waals surface area contributed by atoms with E-state index in [4.69, 9.17) is 5.73 Å². The molecule has 2 aliphatic heterocycles. The number of hydrogen-bond acceptors (Lipinski definition) is 3. The van der Waals surface area contributed by atoms with Gasteiger partial charge in [0.05, 0.1) is 6.10 Å². The number of piperidine rings is 1. The SMILES string of the molecule is CCC(CCN)N1C2CCC1CC(O)C2. The Morgan fingerprint density at radius 1 is 1.33 bits per heavy atom. The van der Waals surface area contributed by atoms with E-state index >= 15 is 0 Å². The van der Waals surface area contributed by atoms with E-state index in [0.717, 1.165) is 25.8 Å². The monoisotopic (exact) mass is 212 g/mol. The molecule has 3 nitrogen and oxygen atoms in total. The highest BCUT2D eigenvalue weighted by atomic mass is 16.3. The molecule has 2 heterocycles. The van der Waals surface area contributed by atoms with Crippen LogP contribution < -0.4 is 5.73 Å². The summed E-state index contributed by atoms with van der Waals surface area (Å²) in [5.41, 5.74) is 5.67. The van der Waals surface area contributed by atoms with E-state index in [1.807, 2.05) is 0 Å². The van der Waals surface area contributed by atoms with Gasteiger partial charge in [0.2, 0.25) is 0 Å². The van der Waals surface area contributed by atoms with Gasteiger partial charge in [-0.15, -0.1) is 0 Å². The molecule has 2 bridgehead atoms. The Morgan fingerprint density at radius 2 is 1.93 bits per heavy atom. The molecule has 0 saturated carbocycles. The number of aliphatic hydroxyl groups excluding tert-OH is 1. The first-order chi connectivity index (χ1) is 7.26. The van der Waals surface area contributed by atoms with Crippen LogP contribution in [0.15, 0.2) is 0 Å². The van der Waals surface area contributed by atoms with Crippen LogP contribution in [0.5, 0.6) is 0 Å². The molecule has 0 aromatic heterocycles. The first kappa shape index (κ1) is 11.4. The minimum atomic E-state index is -0.0471. The van der Waals surface area contributed by atoms with Gasteiger partial charge in [0.15, 0.2) is 0 Å². The van der Waals surface area contributed by atoms with Gasteiger partial charge < -0.3 is 10.8 Å². The Morgan fingerprint density at radius 3 is 2.40 bits per heavy atom. The molecule has 3 unspecified atom stereocenters. The third kappa shape index (κ3) is 2.19. The lowest BCUT2D eigenvalue weighted by Gasteiger charge is -2.42. The van der Waals surface area contributed by atoms with Crippen molar-refractivity contribution in [2.45, 2.75) is 69.7 Å². The molecule has 15 heavy (non-hydrogen) atoms. The van der Waals surface area contributed by atoms with E-state index < -0.39 is 0 Å². The van der Waals surface area contributed by atoms with E-state index in [-0.39, 0.29) is 6.10 Å². The van der Waals surface area contributed by atoms with Crippen LogP contribution in [0.1, 0.15) is 45.4 Å². The van der Waals surface area contributed by atoms with E-state index in [0.29, 0.717) is 18.1 Å². The average molecular weight is 212 g/mol. The molecule has 88 valence electrons. The Bertz CT molecular complexity index is 196. The summed E-state index contributed by atoms with van der Waals surface area (Å²) in [6, 6.07) is 1.92. The maximum atomic E-state index is 9.74. The third-order valence-corrected chi connectivity index (χ3v) is 4.16. The summed E-state index contributed by atoms with van der Waals surface area (Å²) in [5.74, 6) is 0. The molecular weight excluding hydrogens is 188 g/mol. The topological polar surface area (TPSA) is 49.5 Å². The summed E-state index contributed by atoms with van der Waals surface area (Å²) >= 11 is 0. The Balaban J connectivity index is 2.02. The molecule has 0 radical (unpaired) electrons. The maximum Gasteiger partial charge on any atom is 0.0570 e. The van der Waals surface area contributed by atoms with Crippen molar-refractivity contribution in [2.75, 3.05) is 6.54 Å². The molecule has 3 N–H and O–H groups in total. The highest BCUT2D eigenvalue weighted by Crippen LogP contribution is 2.38. The zero-order chi connectivity index (χ0) is 10.8. The van der Waals surface area contributed by atoms with Crippen molar-refractivity contribution in [3.8, 4) is 0 Å². The lowest BCUT2D eigenvalue weighted by atomic mass is 9.95. The van der Waals surface area contributed by atoms with Crippen molar-refractivity contribution >= 4 is 0 Å². The summed E-state index contributed by atoms with van der Waals surface area (Å²) in [6.07, 6.45) is 6.79. The van der Waals surface area contributed by atoms with Crippen LogP contribution in [-0.4, -0.2) is 40.8 Å². The largest absolute Gasteiger partial charge is 0.393 e. The van der Waals surface area contributed by atoms with E-state index in [9.17, 15) is 5.11 Å². The Labute approximate surface area is 92.6 Å². The van der Waals surface area contributed by atoms with Crippen LogP contribution in [0, 0.1) is 0 Å². The maximum absolute atomic E-state index is 9.74. The van der Waals surface area contributed by atoms with Gasteiger partial charge in [-0.1, -0.05) is 6.92 Å². The predicted molar refractivity (Wildman–Crippen MR) is 61.6 cm³/mol. The van der Waals surface area contributed by atoms with E-state index in [1.165, 1.54) is 19.3 Å². The highest BCUT2D eigenvalue weighted by Gasteiger charge is 2.42. The van der Waals surface area contributed by atoms with Crippen molar-refractivity contribution in [3.05, 3.63) is 0 Å². The molecule has 0 amide bonds. The third-order valence-electron chi connectivity index (χ3n) is 4.16. The number of rotatable bonds is 4. The van der Waals surface area contributed by atoms with Crippen molar-refractivity contribution < 1.29 is 5.11 Å². The van der Waals surface area contributed by atoms with Gasteiger partial charge in [0.25, 0.3) is 0 Å². The molecule has 3 heteroatoms. The predicted octanol–water partition coefficient (Wildman–Crippen LogP) is 1.10. The summed E-state index contributed by atoms with van der Waals surface area (Å²) in [6.45, 7) is 3.04. The fourth-order valence-corrected chi connectivity index (χ4v) is 3.54. The molecule has 2 saturated heterocycles. The zero-order valence-electron chi connectivity index (χ0n) is 9.73. The molecule has 0 aliphatic carbocycles. The molecule has 0 aromatic rings. The van der Waals surface area contributed by atoms with Gasteiger partial charge in [-0.05, 0) is 45.1 Å². The van der Waals surface area contributed by atoms with Crippen molar-refractivity contribution in [1.29, 1.82) is 0 Å². The molecule has 0 spiro atoms. The van der Waals surface area contributed by atoms with Gasteiger partial charge in [0.1, 0.15) is 0 Å². The van der Waals surface area contributed by atoms with Gasteiger partial charge in [-0.3, -0.25) is 4.90 Å². The number of nitrogens with two attached hydrogens (primary N) is 1. The average Bonchev–Trinajstić information content (AvgIpc) is 2.47. The first-order valence-electron chi connectivity index (χ1n) is 6.41. The van der Waals surface area contributed by atoms with Crippen molar-refractivity contribution in [2.24, 2.45) is 5.73 Å². The molecule has 2 rings (SSSR count). The summed E-state index contributed by atoms with van der Waals surface area (Å²) < 4.78 is 0. The fourth-order valence-electron chi connectivity index (χ4n) is 3.54. The zero-order valence-corrected chi connectivity index (χ0v) is 9.73. The molecule has 2 fully saturated rings. The van der Waals surface area contributed by atoms with E-state index in [1.54, 1.807) is 0 Å². The number of nitrogens with zero attached hydrogens (tertiary/aromatic N) is 1. The second kappa shape index (κ2) is 4.81. The smallest absolute Gasteiger partial charge is 0.0570 e. The van der Waals surface area contributed by atoms with Crippen LogP contribution in [0.25, 0.3) is 0 Å². The molecule has 0 aromatic carbocycles. The second-order valence-corrected chi connectivity index (χ2v) is 5.10. The minimum absolute atomic E-state index is 0.0471. The summed E-state index contributed by atoms with van der Waals surface area (Å²) in [5, 5.41) is 9.74. The fraction of sp³-hybridized carbons (Fsp3) is 1.00. The van der Waals surface area contributed by atoms with Crippen LogP contribution in [-0.2, 0) is 0 Å². The Kier molecular flexibility index (Phi) is 3.65. The van der Waals surface area contributed by atoms with E-state index in [2.05, 4.69) is 11.8 Å². The van der Waals surface area contributed by atoms with Crippen LogP contribution in [0.4, 0.5) is 0 Å². The van der Waals surface area contributed by atoms with Gasteiger partial charge in [-0.25, -0.2) is 0 Å². The van der Waals surface area contributed by atoms with Crippen molar-refractivity contribution in [1.82, 2.24) is 4.90 Å². The normalized spacial score (nSPS) is 38.2. The number of fused-ring (bicyclic) bond motifs is 2. The van der Waals surface area contributed by atoms with Gasteiger partial charge >= 0.3 is 0 Å². The standard InChI is InChI=1S/C12H24N2O/c1-2-9(5-6-13)14-10-3-4-11(14)8-12(15)7-10/h9-12,15H,2-8,13H2,1H3. The lowest BCUT2D eigenvalue weighted by molar-refractivity contribution is 0.00765. The lowest BCUT2D eigenvalue weighted by Crippen LogP contribution is -2.50. The first-order valence-corrected chi connectivity index (χ1v) is 6.41. The van der Waals surface area contributed by atoms with Gasteiger partial charge in [-0.2, -0.15) is 0 Å². The highest BCUT2D eigenvalue weighted by molar-refractivity contribution is 4.97. The number of aliphatic hydroxyl groups is 1.